The number of nitrogens with one attached hydrogen (secondary N) is 1. The van der Waals surface area contributed by atoms with Crippen LogP contribution in [0.5, 0.6) is 0 Å². The first-order valence-electron chi connectivity index (χ1n) is 3.44. The Labute approximate surface area is 55.6 Å². The average molecular weight is 127 g/mol. The van der Waals surface area contributed by atoms with Crippen molar-refractivity contribution in [1.29, 1.82) is 0 Å². The summed E-state index contributed by atoms with van der Waals surface area (Å²) in [5, 5.41) is 11.6. The fourth-order valence-corrected chi connectivity index (χ4v) is 1.05. The molecule has 1 rings (SSSR count). The van der Waals surface area contributed by atoms with E-state index < -0.39 is 0 Å². The lowest BCUT2D eigenvalue weighted by Crippen LogP contribution is -2.27. The second kappa shape index (κ2) is 3.64. The van der Waals surface area contributed by atoms with Gasteiger partial charge in [-0.1, -0.05) is 12.2 Å². The maximum atomic E-state index is 8.44. The van der Waals surface area contributed by atoms with Gasteiger partial charge in [0.15, 0.2) is 0 Å². The zero-order chi connectivity index (χ0) is 6.53. The fraction of sp³-hybridized carbons (Fsp3) is 0.714. The highest BCUT2D eigenvalue weighted by atomic mass is 16.3. The van der Waals surface area contributed by atoms with E-state index in [4.69, 9.17) is 5.11 Å². The summed E-state index contributed by atoms with van der Waals surface area (Å²) in [5.41, 5.74) is 0. The summed E-state index contributed by atoms with van der Waals surface area (Å²) in [7, 11) is 0. The van der Waals surface area contributed by atoms with Crippen LogP contribution in [0.4, 0.5) is 0 Å². The monoisotopic (exact) mass is 127 g/mol. The van der Waals surface area contributed by atoms with Crippen LogP contribution in [0.25, 0.3) is 0 Å². The molecule has 0 radical (unpaired) electrons. The number of hydrogen-bond acceptors (Lipinski definition) is 2. The van der Waals surface area contributed by atoms with E-state index >= 15 is 0 Å². The maximum absolute atomic E-state index is 8.44. The number of hydrogen-bond donors (Lipinski definition) is 2. The third kappa shape index (κ3) is 2.16. The first-order valence-corrected chi connectivity index (χ1v) is 3.44. The largest absolute Gasteiger partial charge is 0.395 e. The highest BCUT2D eigenvalue weighted by Gasteiger charge is 2.05. The van der Waals surface area contributed by atoms with E-state index in [2.05, 4.69) is 17.5 Å². The Morgan fingerprint density at radius 1 is 1.67 bits per heavy atom. The van der Waals surface area contributed by atoms with E-state index in [9.17, 15) is 0 Å². The number of allylic oxidation sites excluding steroid dienone is 1. The van der Waals surface area contributed by atoms with Gasteiger partial charge in [0.25, 0.3) is 0 Å². The molecule has 0 saturated carbocycles. The molecule has 2 heteroatoms. The SMILES string of the molecule is OCCNC1C=CCC1. The lowest BCUT2D eigenvalue weighted by atomic mass is 10.3. The fourth-order valence-electron chi connectivity index (χ4n) is 1.05. The van der Waals surface area contributed by atoms with Gasteiger partial charge in [0, 0.05) is 12.6 Å². The van der Waals surface area contributed by atoms with Gasteiger partial charge in [0.2, 0.25) is 0 Å². The molecule has 0 aliphatic heterocycles. The minimum absolute atomic E-state index is 0.240. The van der Waals surface area contributed by atoms with Gasteiger partial charge >= 0.3 is 0 Å². The molecule has 52 valence electrons. The summed E-state index contributed by atoms with van der Waals surface area (Å²) >= 11 is 0. The van der Waals surface area contributed by atoms with Crippen molar-refractivity contribution in [3.05, 3.63) is 12.2 Å². The molecule has 0 aromatic rings. The number of aliphatic hydroxyl groups is 1. The van der Waals surface area contributed by atoms with E-state index in [-0.39, 0.29) is 6.61 Å². The van der Waals surface area contributed by atoms with Gasteiger partial charge in [-0.2, -0.15) is 0 Å². The minimum Gasteiger partial charge on any atom is -0.395 e. The molecular formula is C7H13NO. The zero-order valence-corrected chi connectivity index (χ0v) is 5.51. The Morgan fingerprint density at radius 2 is 2.56 bits per heavy atom. The van der Waals surface area contributed by atoms with Gasteiger partial charge in [-0.05, 0) is 12.8 Å². The van der Waals surface area contributed by atoms with Crippen molar-refractivity contribution in [2.24, 2.45) is 0 Å². The third-order valence-corrected chi connectivity index (χ3v) is 1.53. The topological polar surface area (TPSA) is 32.3 Å². The molecule has 2 N–H and O–H groups in total. The van der Waals surface area contributed by atoms with Gasteiger partial charge in [0.1, 0.15) is 0 Å². The Hall–Kier alpha value is -0.340. The van der Waals surface area contributed by atoms with Crippen molar-refractivity contribution in [2.45, 2.75) is 18.9 Å². The second-order valence-electron chi connectivity index (χ2n) is 2.29. The first kappa shape index (κ1) is 6.78. The molecule has 0 aromatic carbocycles. The molecule has 0 saturated heterocycles. The van der Waals surface area contributed by atoms with E-state index in [1.807, 2.05) is 0 Å². The summed E-state index contributed by atoms with van der Waals surface area (Å²) in [6.45, 7) is 0.958. The van der Waals surface area contributed by atoms with Crippen LogP contribution in [0.1, 0.15) is 12.8 Å². The van der Waals surface area contributed by atoms with Crippen LogP contribution in [0, 0.1) is 0 Å². The van der Waals surface area contributed by atoms with Crippen molar-refractivity contribution in [1.82, 2.24) is 5.32 Å². The van der Waals surface area contributed by atoms with Gasteiger partial charge in [-0.3, -0.25) is 0 Å². The number of aliphatic hydroxyl groups excluding tert-OH is 1. The molecule has 0 amide bonds. The van der Waals surface area contributed by atoms with E-state index in [1.54, 1.807) is 0 Å². The molecule has 9 heavy (non-hydrogen) atoms. The van der Waals surface area contributed by atoms with Crippen LogP contribution in [0.2, 0.25) is 0 Å². The van der Waals surface area contributed by atoms with Crippen molar-refractivity contribution >= 4 is 0 Å². The van der Waals surface area contributed by atoms with Crippen molar-refractivity contribution in [2.75, 3.05) is 13.2 Å². The highest BCUT2D eigenvalue weighted by molar-refractivity contribution is 5.00. The van der Waals surface area contributed by atoms with Crippen LogP contribution < -0.4 is 5.32 Å². The third-order valence-electron chi connectivity index (χ3n) is 1.53. The van der Waals surface area contributed by atoms with Crippen LogP contribution >= 0.6 is 0 Å². The lowest BCUT2D eigenvalue weighted by Gasteiger charge is -2.07. The van der Waals surface area contributed by atoms with E-state index in [0.29, 0.717) is 6.04 Å². The quantitative estimate of drug-likeness (QED) is 0.534. The van der Waals surface area contributed by atoms with Gasteiger partial charge in [-0.15, -0.1) is 0 Å². The van der Waals surface area contributed by atoms with E-state index in [0.717, 1.165) is 6.54 Å². The van der Waals surface area contributed by atoms with Crippen LogP contribution in [0.3, 0.4) is 0 Å². The normalized spacial score (nSPS) is 25.2. The predicted molar refractivity (Wildman–Crippen MR) is 37.3 cm³/mol. The zero-order valence-electron chi connectivity index (χ0n) is 5.51. The van der Waals surface area contributed by atoms with Crippen molar-refractivity contribution in [3.63, 3.8) is 0 Å². The van der Waals surface area contributed by atoms with Crippen LogP contribution in [-0.4, -0.2) is 24.3 Å². The predicted octanol–water partition coefficient (Wildman–Crippen LogP) is 0.287. The molecule has 0 spiro atoms. The van der Waals surface area contributed by atoms with Crippen molar-refractivity contribution in [3.8, 4) is 0 Å². The molecule has 0 aromatic heterocycles. The molecule has 0 fully saturated rings. The summed E-state index contributed by atoms with van der Waals surface area (Å²) < 4.78 is 0. The maximum Gasteiger partial charge on any atom is 0.0556 e. The lowest BCUT2D eigenvalue weighted by molar-refractivity contribution is 0.288. The Bertz CT molecular complexity index is 101. The first-order chi connectivity index (χ1) is 4.43. The molecule has 1 aliphatic rings. The molecule has 1 unspecified atom stereocenters. The summed E-state index contributed by atoms with van der Waals surface area (Å²) in [6.07, 6.45) is 6.72. The molecule has 0 bridgehead atoms. The Morgan fingerprint density at radius 3 is 3.11 bits per heavy atom. The Balaban J connectivity index is 2.05. The average Bonchev–Trinajstić information content (AvgIpc) is 2.34. The minimum atomic E-state index is 0.240. The van der Waals surface area contributed by atoms with Gasteiger partial charge in [-0.25, -0.2) is 0 Å². The number of rotatable bonds is 3. The van der Waals surface area contributed by atoms with Gasteiger partial charge in [0.05, 0.1) is 6.61 Å². The van der Waals surface area contributed by atoms with E-state index in [1.165, 1.54) is 12.8 Å². The molecular weight excluding hydrogens is 114 g/mol. The molecule has 1 atom stereocenters. The van der Waals surface area contributed by atoms with Gasteiger partial charge < -0.3 is 10.4 Å². The summed E-state index contributed by atoms with van der Waals surface area (Å²) in [5.74, 6) is 0. The smallest absolute Gasteiger partial charge is 0.0556 e. The van der Waals surface area contributed by atoms with Crippen LogP contribution in [-0.2, 0) is 0 Å². The standard InChI is InChI=1S/C7H13NO/c9-6-5-8-7-3-1-2-4-7/h1,3,7-9H,2,4-6H2. The Kier molecular flexibility index (Phi) is 2.74. The molecule has 1 aliphatic carbocycles. The summed E-state index contributed by atoms with van der Waals surface area (Å²) in [4.78, 5) is 0. The molecule has 2 nitrogen and oxygen atoms in total. The molecule has 0 heterocycles. The summed E-state index contributed by atoms with van der Waals surface area (Å²) in [6, 6.07) is 0.525. The second-order valence-corrected chi connectivity index (χ2v) is 2.29. The van der Waals surface area contributed by atoms with Crippen LogP contribution in [0.15, 0.2) is 12.2 Å². The highest BCUT2D eigenvalue weighted by Crippen LogP contribution is 2.07. The van der Waals surface area contributed by atoms with Crippen molar-refractivity contribution < 1.29 is 5.11 Å².